The van der Waals surface area contributed by atoms with Gasteiger partial charge in [0.2, 0.25) is 0 Å². The van der Waals surface area contributed by atoms with E-state index >= 15 is 0 Å². The van der Waals surface area contributed by atoms with Crippen molar-refractivity contribution in [3.05, 3.63) is 63.7 Å². The van der Waals surface area contributed by atoms with E-state index in [1.807, 2.05) is 31.2 Å². The molecule has 1 heterocycles. The number of nitro benzene ring substituents is 1. The second-order valence-electron chi connectivity index (χ2n) is 6.19. The second kappa shape index (κ2) is 7.43. The lowest BCUT2D eigenvalue weighted by atomic mass is 10.0. The molecule has 1 amide bonds. The lowest BCUT2D eigenvalue weighted by molar-refractivity contribution is -0.383. The number of amides is 1. The summed E-state index contributed by atoms with van der Waals surface area (Å²) in [6.45, 7) is 3.15. The van der Waals surface area contributed by atoms with Crippen molar-refractivity contribution >= 4 is 17.3 Å². The van der Waals surface area contributed by atoms with E-state index in [2.05, 4.69) is 0 Å². The molecule has 1 atom stereocenters. The number of hydrogen-bond donors (Lipinski definition) is 1. The van der Waals surface area contributed by atoms with Crippen LogP contribution in [0.25, 0.3) is 0 Å². The van der Waals surface area contributed by atoms with Crippen LogP contribution < -0.4 is 10.5 Å². The molecule has 2 N–H and O–H groups in total. The number of nitro groups is 1. The number of likely N-dealkylation sites (tertiary alicyclic amines) is 1. The Morgan fingerprint density at radius 2 is 2.04 bits per heavy atom. The highest BCUT2D eigenvalue weighted by atomic mass is 16.6. The minimum atomic E-state index is -0.569. The summed E-state index contributed by atoms with van der Waals surface area (Å²) >= 11 is 0. The summed E-state index contributed by atoms with van der Waals surface area (Å²) in [5, 5.41) is 11.1. The van der Waals surface area contributed by atoms with E-state index in [4.69, 9.17) is 10.5 Å². The Labute approximate surface area is 151 Å². The summed E-state index contributed by atoms with van der Waals surface area (Å²) in [6, 6.07) is 11.9. The summed E-state index contributed by atoms with van der Waals surface area (Å²) in [5.74, 6) is 0.575. The Balaban J connectivity index is 1.84. The number of hydrogen-bond acceptors (Lipinski definition) is 5. The van der Waals surface area contributed by atoms with Crippen LogP contribution in [0.4, 0.5) is 11.4 Å². The Hall–Kier alpha value is -3.09. The maximum Gasteiger partial charge on any atom is 0.292 e. The monoisotopic (exact) mass is 355 g/mol. The Morgan fingerprint density at radius 1 is 1.31 bits per heavy atom. The van der Waals surface area contributed by atoms with Crippen molar-refractivity contribution in [2.45, 2.75) is 25.8 Å². The molecule has 26 heavy (non-hydrogen) atoms. The predicted octanol–water partition coefficient (Wildman–Crippen LogP) is 3.55. The van der Waals surface area contributed by atoms with Gasteiger partial charge in [0.25, 0.3) is 11.6 Å². The van der Waals surface area contributed by atoms with Crippen molar-refractivity contribution < 1.29 is 14.5 Å². The standard InChI is InChI=1S/C19H21N3O4/c1-2-26-15-8-5-13(6-9-15)17-4-3-11-21(17)19(23)14-7-10-16(20)18(12-14)22(24)25/h5-10,12,17H,2-4,11,20H2,1H3. The van der Waals surface area contributed by atoms with Crippen molar-refractivity contribution in [1.29, 1.82) is 0 Å². The third-order valence-corrected chi connectivity index (χ3v) is 4.56. The fourth-order valence-electron chi connectivity index (χ4n) is 3.31. The summed E-state index contributed by atoms with van der Waals surface area (Å²) in [4.78, 5) is 25.2. The summed E-state index contributed by atoms with van der Waals surface area (Å²) in [5.41, 5.74) is 6.74. The Bertz CT molecular complexity index is 820. The van der Waals surface area contributed by atoms with E-state index in [0.29, 0.717) is 13.2 Å². The number of carbonyl (C=O) groups is 1. The maximum atomic E-state index is 12.9. The Morgan fingerprint density at radius 3 is 2.69 bits per heavy atom. The number of carbonyl (C=O) groups excluding carboxylic acids is 1. The molecule has 0 saturated carbocycles. The highest BCUT2D eigenvalue weighted by Crippen LogP contribution is 2.34. The van der Waals surface area contributed by atoms with Gasteiger partial charge in [-0.05, 0) is 49.6 Å². The van der Waals surface area contributed by atoms with Crippen molar-refractivity contribution in [3.63, 3.8) is 0 Å². The largest absolute Gasteiger partial charge is 0.494 e. The van der Waals surface area contributed by atoms with Crippen LogP contribution in [0.15, 0.2) is 42.5 Å². The molecule has 1 aliphatic heterocycles. The SMILES string of the molecule is CCOc1ccc(C2CCCN2C(=O)c2ccc(N)c([N+](=O)[O-])c2)cc1. The smallest absolute Gasteiger partial charge is 0.292 e. The highest BCUT2D eigenvalue weighted by molar-refractivity contribution is 5.96. The van der Waals surface area contributed by atoms with Gasteiger partial charge in [-0.1, -0.05) is 12.1 Å². The van der Waals surface area contributed by atoms with Crippen LogP contribution in [0.3, 0.4) is 0 Å². The molecular weight excluding hydrogens is 334 g/mol. The molecule has 7 heteroatoms. The number of anilines is 1. The molecule has 0 aliphatic carbocycles. The fourth-order valence-corrected chi connectivity index (χ4v) is 3.31. The quantitative estimate of drug-likeness (QED) is 0.502. The zero-order valence-electron chi connectivity index (χ0n) is 14.6. The third-order valence-electron chi connectivity index (χ3n) is 4.56. The first-order chi connectivity index (χ1) is 12.5. The molecule has 7 nitrogen and oxygen atoms in total. The minimum absolute atomic E-state index is 0.0465. The van der Waals surface area contributed by atoms with Crippen LogP contribution in [0, 0.1) is 10.1 Å². The normalized spacial score (nSPS) is 16.5. The predicted molar refractivity (Wildman–Crippen MR) is 98.1 cm³/mol. The van der Waals surface area contributed by atoms with Crippen LogP contribution in [-0.4, -0.2) is 28.9 Å². The lowest BCUT2D eigenvalue weighted by Crippen LogP contribution is -2.30. The van der Waals surface area contributed by atoms with E-state index in [1.54, 1.807) is 4.90 Å². The van der Waals surface area contributed by atoms with E-state index in [1.165, 1.54) is 18.2 Å². The number of rotatable bonds is 5. The summed E-state index contributed by atoms with van der Waals surface area (Å²) in [7, 11) is 0. The van der Waals surface area contributed by atoms with Gasteiger partial charge in [0.1, 0.15) is 11.4 Å². The number of nitrogens with zero attached hydrogens (tertiary/aromatic N) is 2. The van der Waals surface area contributed by atoms with Gasteiger partial charge in [0, 0.05) is 18.2 Å². The fraction of sp³-hybridized carbons (Fsp3) is 0.316. The first-order valence-electron chi connectivity index (χ1n) is 8.59. The number of ether oxygens (including phenoxy) is 1. The third kappa shape index (κ3) is 3.46. The number of benzene rings is 2. The second-order valence-corrected chi connectivity index (χ2v) is 6.19. The molecular formula is C19H21N3O4. The van der Waals surface area contributed by atoms with Gasteiger partial charge in [-0.3, -0.25) is 14.9 Å². The van der Waals surface area contributed by atoms with Crippen LogP contribution in [0.2, 0.25) is 0 Å². The molecule has 1 unspecified atom stereocenters. The molecule has 2 aromatic rings. The average molecular weight is 355 g/mol. The van der Waals surface area contributed by atoms with E-state index in [-0.39, 0.29) is 28.9 Å². The minimum Gasteiger partial charge on any atom is -0.494 e. The number of nitrogen functional groups attached to an aromatic ring is 1. The van der Waals surface area contributed by atoms with Crippen molar-refractivity contribution in [2.75, 3.05) is 18.9 Å². The topological polar surface area (TPSA) is 98.7 Å². The summed E-state index contributed by atoms with van der Waals surface area (Å²) < 4.78 is 5.46. The molecule has 0 aromatic heterocycles. The highest BCUT2D eigenvalue weighted by Gasteiger charge is 2.31. The van der Waals surface area contributed by atoms with Crippen LogP contribution in [0.1, 0.15) is 41.7 Å². The van der Waals surface area contributed by atoms with Crippen molar-refractivity contribution in [1.82, 2.24) is 4.90 Å². The molecule has 3 rings (SSSR count). The molecule has 0 spiro atoms. The van der Waals surface area contributed by atoms with Crippen molar-refractivity contribution in [3.8, 4) is 5.75 Å². The average Bonchev–Trinajstić information content (AvgIpc) is 3.12. The van der Waals surface area contributed by atoms with Gasteiger partial charge >= 0.3 is 0 Å². The molecule has 1 fully saturated rings. The van der Waals surface area contributed by atoms with Gasteiger partial charge in [0.05, 0.1) is 17.6 Å². The van der Waals surface area contributed by atoms with E-state index in [0.717, 1.165) is 24.2 Å². The van der Waals surface area contributed by atoms with E-state index in [9.17, 15) is 14.9 Å². The molecule has 2 aromatic carbocycles. The van der Waals surface area contributed by atoms with Gasteiger partial charge < -0.3 is 15.4 Å². The summed E-state index contributed by atoms with van der Waals surface area (Å²) in [6.07, 6.45) is 1.75. The lowest BCUT2D eigenvalue weighted by Gasteiger charge is -2.25. The molecule has 0 radical (unpaired) electrons. The maximum absolute atomic E-state index is 12.9. The zero-order chi connectivity index (χ0) is 18.7. The molecule has 1 aliphatic rings. The van der Waals surface area contributed by atoms with Crippen LogP contribution >= 0.6 is 0 Å². The van der Waals surface area contributed by atoms with Gasteiger partial charge in [-0.25, -0.2) is 0 Å². The Kier molecular flexibility index (Phi) is 5.06. The first-order valence-corrected chi connectivity index (χ1v) is 8.59. The van der Waals surface area contributed by atoms with Crippen LogP contribution in [-0.2, 0) is 0 Å². The van der Waals surface area contributed by atoms with Gasteiger partial charge in [0.15, 0.2) is 0 Å². The first kappa shape index (κ1) is 17.7. The van der Waals surface area contributed by atoms with Crippen LogP contribution in [0.5, 0.6) is 5.75 Å². The zero-order valence-corrected chi connectivity index (χ0v) is 14.6. The molecule has 0 bridgehead atoms. The van der Waals surface area contributed by atoms with Gasteiger partial charge in [-0.2, -0.15) is 0 Å². The van der Waals surface area contributed by atoms with E-state index < -0.39 is 4.92 Å². The van der Waals surface area contributed by atoms with Crippen molar-refractivity contribution in [2.24, 2.45) is 0 Å². The van der Waals surface area contributed by atoms with Gasteiger partial charge in [-0.15, -0.1) is 0 Å². The molecule has 136 valence electrons. The molecule has 1 saturated heterocycles. The number of nitrogens with two attached hydrogens (primary N) is 1.